The van der Waals surface area contributed by atoms with Crippen LogP contribution in [0.15, 0.2) is 54.6 Å². The van der Waals surface area contributed by atoms with Crippen molar-refractivity contribution in [3.05, 3.63) is 60.2 Å². The second-order valence-electron chi connectivity index (χ2n) is 6.32. The molecule has 0 bridgehead atoms. The standard InChI is InChI=1S/C21H26N4O3/c1-3-22-19(26)14-25(4-2)15-20(27)24-18-13-9-8-12-17(18)21(28)23-16-10-6-5-7-11-16/h5-13H,3-4,14-15H2,1-2H3,(H,22,26)(H,23,28)(H,24,27)/p+1. The molecule has 0 saturated heterocycles. The molecule has 0 saturated carbocycles. The third-order valence-corrected chi connectivity index (χ3v) is 4.17. The van der Waals surface area contributed by atoms with Crippen LogP contribution in [0, 0.1) is 0 Å². The lowest BCUT2D eigenvalue weighted by atomic mass is 10.1. The summed E-state index contributed by atoms with van der Waals surface area (Å²) < 4.78 is 0. The summed E-state index contributed by atoms with van der Waals surface area (Å²) in [5.74, 6) is -0.639. The maximum absolute atomic E-state index is 12.6. The van der Waals surface area contributed by atoms with E-state index in [1.807, 2.05) is 32.0 Å². The number of quaternary nitrogens is 1. The van der Waals surface area contributed by atoms with Gasteiger partial charge in [-0.2, -0.15) is 0 Å². The number of carbonyl (C=O) groups is 3. The molecule has 0 heterocycles. The average molecular weight is 383 g/mol. The van der Waals surface area contributed by atoms with Gasteiger partial charge in [0.1, 0.15) is 0 Å². The molecule has 28 heavy (non-hydrogen) atoms. The second-order valence-corrected chi connectivity index (χ2v) is 6.32. The average Bonchev–Trinajstić information content (AvgIpc) is 2.68. The molecule has 3 amide bonds. The van der Waals surface area contributed by atoms with Crippen molar-refractivity contribution in [2.75, 3.05) is 36.8 Å². The van der Waals surface area contributed by atoms with Gasteiger partial charge in [0.25, 0.3) is 17.7 Å². The van der Waals surface area contributed by atoms with E-state index in [2.05, 4.69) is 16.0 Å². The molecule has 7 nitrogen and oxygen atoms in total. The highest BCUT2D eigenvalue weighted by molar-refractivity contribution is 6.10. The van der Waals surface area contributed by atoms with Gasteiger partial charge in [-0.3, -0.25) is 14.4 Å². The summed E-state index contributed by atoms with van der Waals surface area (Å²) in [6.07, 6.45) is 0. The van der Waals surface area contributed by atoms with Crippen LogP contribution in [0.2, 0.25) is 0 Å². The van der Waals surface area contributed by atoms with E-state index in [-0.39, 0.29) is 30.8 Å². The first-order valence-electron chi connectivity index (χ1n) is 9.39. The molecule has 1 atom stereocenters. The van der Waals surface area contributed by atoms with Crippen LogP contribution in [0.4, 0.5) is 11.4 Å². The molecule has 2 rings (SSSR count). The van der Waals surface area contributed by atoms with Gasteiger partial charge in [-0.25, -0.2) is 0 Å². The second kappa shape index (κ2) is 10.8. The molecule has 2 aromatic carbocycles. The number of likely N-dealkylation sites (N-methyl/N-ethyl adjacent to an activating group) is 2. The monoisotopic (exact) mass is 383 g/mol. The Morgan fingerprint density at radius 1 is 0.821 bits per heavy atom. The van der Waals surface area contributed by atoms with Crippen LogP contribution in [-0.4, -0.2) is 43.9 Å². The Kier molecular flexibility index (Phi) is 8.17. The fourth-order valence-corrected chi connectivity index (χ4v) is 2.73. The highest BCUT2D eigenvalue weighted by Gasteiger charge is 2.18. The third-order valence-electron chi connectivity index (χ3n) is 4.17. The van der Waals surface area contributed by atoms with Crippen molar-refractivity contribution >= 4 is 29.1 Å². The largest absolute Gasteiger partial charge is 0.351 e. The molecule has 2 aromatic rings. The molecule has 1 unspecified atom stereocenters. The van der Waals surface area contributed by atoms with E-state index in [0.29, 0.717) is 30.0 Å². The van der Waals surface area contributed by atoms with E-state index in [9.17, 15) is 14.4 Å². The van der Waals surface area contributed by atoms with Crippen LogP contribution in [0.1, 0.15) is 24.2 Å². The minimum atomic E-state index is -0.302. The fraction of sp³-hybridized carbons (Fsp3) is 0.286. The van der Waals surface area contributed by atoms with Crippen molar-refractivity contribution < 1.29 is 19.3 Å². The zero-order valence-electron chi connectivity index (χ0n) is 16.2. The molecular weight excluding hydrogens is 356 g/mol. The molecule has 0 radical (unpaired) electrons. The van der Waals surface area contributed by atoms with Crippen LogP contribution in [0.5, 0.6) is 0 Å². The number of carbonyl (C=O) groups excluding carboxylic acids is 3. The first-order chi connectivity index (χ1) is 13.5. The van der Waals surface area contributed by atoms with E-state index in [0.717, 1.165) is 4.90 Å². The van der Waals surface area contributed by atoms with Crippen LogP contribution < -0.4 is 20.9 Å². The zero-order chi connectivity index (χ0) is 20.4. The number of hydrogen-bond acceptors (Lipinski definition) is 3. The lowest BCUT2D eigenvalue weighted by Gasteiger charge is -2.17. The van der Waals surface area contributed by atoms with Gasteiger partial charge in [0, 0.05) is 12.2 Å². The smallest absolute Gasteiger partial charge is 0.279 e. The number of para-hydroxylation sites is 2. The molecule has 0 spiro atoms. The van der Waals surface area contributed by atoms with E-state index < -0.39 is 0 Å². The Hall–Kier alpha value is -3.19. The summed E-state index contributed by atoms with van der Waals surface area (Å²) in [5.41, 5.74) is 1.49. The van der Waals surface area contributed by atoms with Gasteiger partial charge in [0.2, 0.25) is 0 Å². The number of nitrogens with one attached hydrogen (secondary N) is 4. The number of amides is 3. The summed E-state index contributed by atoms with van der Waals surface area (Å²) in [6, 6.07) is 16.0. The van der Waals surface area contributed by atoms with Gasteiger partial charge in [-0.05, 0) is 38.1 Å². The lowest BCUT2D eigenvalue weighted by molar-refractivity contribution is -0.881. The Bertz CT molecular complexity index is 808. The maximum Gasteiger partial charge on any atom is 0.279 e. The molecule has 0 aromatic heterocycles. The fourth-order valence-electron chi connectivity index (χ4n) is 2.73. The molecule has 148 valence electrons. The van der Waals surface area contributed by atoms with Crippen molar-refractivity contribution in [3.8, 4) is 0 Å². The predicted octanol–water partition coefficient (Wildman–Crippen LogP) is 0.918. The first kappa shape index (κ1) is 21.1. The first-order valence-corrected chi connectivity index (χ1v) is 9.39. The molecule has 0 aliphatic carbocycles. The summed E-state index contributed by atoms with van der Waals surface area (Å²) in [7, 11) is 0. The highest BCUT2D eigenvalue weighted by Crippen LogP contribution is 2.17. The highest BCUT2D eigenvalue weighted by atomic mass is 16.2. The van der Waals surface area contributed by atoms with Gasteiger partial charge in [-0.15, -0.1) is 0 Å². The quantitative estimate of drug-likeness (QED) is 0.519. The molecular formula is C21H27N4O3+. The minimum absolute atomic E-state index is 0.0882. The summed E-state index contributed by atoms with van der Waals surface area (Å²) >= 11 is 0. The molecule has 0 aliphatic rings. The molecule has 4 N–H and O–H groups in total. The van der Waals surface area contributed by atoms with Gasteiger partial charge in [0.05, 0.1) is 17.8 Å². The van der Waals surface area contributed by atoms with Gasteiger partial charge in [-0.1, -0.05) is 30.3 Å². The normalized spacial score (nSPS) is 11.4. The Morgan fingerprint density at radius 3 is 2.14 bits per heavy atom. The summed E-state index contributed by atoms with van der Waals surface area (Å²) in [5, 5.41) is 8.35. The predicted molar refractivity (Wildman–Crippen MR) is 109 cm³/mol. The Morgan fingerprint density at radius 2 is 1.46 bits per heavy atom. The molecule has 0 fully saturated rings. The number of anilines is 2. The van der Waals surface area contributed by atoms with Crippen molar-refractivity contribution in [1.29, 1.82) is 0 Å². The summed E-state index contributed by atoms with van der Waals surface area (Å²) in [4.78, 5) is 37.6. The van der Waals surface area contributed by atoms with Crippen molar-refractivity contribution in [1.82, 2.24) is 5.32 Å². The number of benzene rings is 2. The topological polar surface area (TPSA) is 91.7 Å². The van der Waals surface area contributed by atoms with Gasteiger partial charge in [0.15, 0.2) is 13.1 Å². The minimum Gasteiger partial charge on any atom is -0.351 e. The molecule has 0 aliphatic heterocycles. The zero-order valence-corrected chi connectivity index (χ0v) is 16.2. The van der Waals surface area contributed by atoms with Crippen molar-refractivity contribution in [3.63, 3.8) is 0 Å². The Balaban J connectivity index is 2.02. The van der Waals surface area contributed by atoms with Gasteiger partial charge >= 0.3 is 0 Å². The van der Waals surface area contributed by atoms with E-state index >= 15 is 0 Å². The van der Waals surface area contributed by atoms with Crippen LogP contribution in [-0.2, 0) is 9.59 Å². The van der Waals surface area contributed by atoms with E-state index in [4.69, 9.17) is 0 Å². The van der Waals surface area contributed by atoms with Crippen LogP contribution in [0.25, 0.3) is 0 Å². The third kappa shape index (κ3) is 6.51. The van der Waals surface area contributed by atoms with Crippen molar-refractivity contribution in [2.24, 2.45) is 0 Å². The van der Waals surface area contributed by atoms with Crippen LogP contribution >= 0.6 is 0 Å². The number of hydrogen-bond donors (Lipinski definition) is 4. The van der Waals surface area contributed by atoms with E-state index in [1.54, 1.807) is 36.4 Å². The summed E-state index contributed by atoms with van der Waals surface area (Å²) in [6.45, 7) is 5.35. The number of rotatable bonds is 9. The maximum atomic E-state index is 12.6. The van der Waals surface area contributed by atoms with Gasteiger partial charge < -0.3 is 20.9 Å². The molecule has 7 heteroatoms. The van der Waals surface area contributed by atoms with Crippen LogP contribution in [0.3, 0.4) is 0 Å². The Labute approximate surface area is 165 Å². The van der Waals surface area contributed by atoms with Crippen molar-refractivity contribution in [2.45, 2.75) is 13.8 Å². The van der Waals surface area contributed by atoms with E-state index in [1.165, 1.54) is 0 Å². The lowest BCUT2D eigenvalue weighted by Crippen LogP contribution is -3.14. The SMILES string of the molecule is CCNC(=O)C[NH+](CC)CC(=O)Nc1ccccc1C(=O)Nc1ccccc1.